The summed E-state index contributed by atoms with van der Waals surface area (Å²) < 4.78 is 6.04. The zero-order valence-electron chi connectivity index (χ0n) is 15.0. The van der Waals surface area contributed by atoms with E-state index in [2.05, 4.69) is 5.32 Å². The molecule has 1 aromatic heterocycles. The highest BCUT2D eigenvalue weighted by atomic mass is 35.5. The molecule has 0 saturated carbocycles. The van der Waals surface area contributed by atoms with Crippen molar-refractivity contribution < 1.29 is 19.7 Å². The van der Waals surface area contributed by atoms with Crippen LogP contribution in [0.25, 0.3) is 22.3 Å². The first-order chi connectivity index (χ1) is 13.5. The van der Waals surface area contributed by atoms with Crippen molar-refractivity contribution in [1.29, 1.82) is 0 Å². The molecule has 1 fully saturated rings. The first-order valence-electron chi connectivity index (χ1n) is 9.10. The molecule has 1 aliphatic rings. The SMILES string of the molecule is O=c1cc(-c2ccccc2Cl)oc2c([C@H]3CCNC[C@@H]3CO)c(O)cc(O)c12. The molecule has 4 N–H and O–H groups in total. The predicted molar refractivity (Wildman–Crippen MR) is 107 cm³/mol. The standard InChI is InChI=1S/C21H20ClNO5/c22-14-4-2-1-3-13(14)18-8-17(27)20-16(26)7-15(25)19(21(20)28-18)12-5-6-23-9-11(12)10-24/h1-4,7-8,11-12,23-26H,5-6,9-10H2/t11-,12+/m1/s1. The molecule has 7 heteroatoms. The fraction of sp³-hybridized carbons (Fsp3) is 0.286. The number of rotatable bonds is 3. The van der Waals surface area contributed by atoms with Gasteiger partial charge in [0.2, 0.25) is 0 Å². The Morgan fingerprint density at radius 1 is 1.18 bits per heavy atom. The fourth-order valence-corrected chi connectivity index (χ4v) is 4.20. The van der Waals surface area contributed by atoms with E-state index in [1.807, 2.05) is 0 Å². The molecule has 3 aromatic rings. The second-order valence-corrected chi connectivity index (χ2v) is 7.44. The van der Waals surface area contributed by atoms with Crippen LogP contribution in [0.15, 0.2) is 45.6 Å². The van der Waals surface area contributed by atoms with Crippen LogP contribution < -0.4 is 10.7 Å². The van der Waals surface area contributed by atoms with Gasteiger partial charge in [0.25, 0.3) is 0 Å². The normalized spacial score (nSPS) is 19.8. The van der Waals surface area contributed by atoms with Crippen LogP contribution in [-0.4, -0.2) is 35.0 Å². The van der Waals surface area contributed by atoms with E-state index in [0.717, 1.165) is 0 Å². The molecule has 0 radical (unpaired) electrons. The molecular weight excluding hydrogens is 382 g/mol. The highest BCUT2D eigenvalue weighted by Gasteiger charge is 2.32. The lowest BCUT2D eigenvalue weighted by atomic mass is 9.80. The molecule has 1 aliphatic heterocycles. The lowest BCUT2D eigenvalue weighted by Crippen LogP contribution is -2.37. The van der Waals surface area contributed by atoms with Gasteiger partial charge < -0.3 is 25.1 Å². The summed E-state index contributed by atoms with van der Waals surface area (Å²) in [5.74, 6) is -0.621. The largest absolute Gasteiger partial charge is 0.507 e. The summed E-state index contributed by atoms with van der Waals surface area (Å²) in [7, 11) is 0. The molecule has 4 rings (SSSR count). The molecule has 2 heterocycles. The highest BCUT2D eigenvalue weighted by Crippen LogP contribution is 2.43. The number of fused-ring (bicyclic) bond motifs is 1. The minimum Gasteiger partial charge on any atom is -0.507 e. The molecule has 146 valence electrons. The molecule has 2 aromatic carbocycles. The van der Waals surface area contributed by atoms with Gasteiger partial charge in [0, 0.05) is 42.3 Å². The maximum absolute atomic E-state index is 12.8. The molecule has 0 amide bonds. The van der Waals surface area contributed by atoms with Crippen molar-refractivity contribution in [2.75, 3.05) is 19.7 Å². The van der Waals surface area contributed by atoms with Gasteiger partial charge in [-0.3, -0.25) is 4.79 Å². The van der Waals surface area contributed by atoms with Crippen molar-refractivity contribution in [2.24, 2.45) is 5.92 Å². The van der Waals surface area contributed by atoms with Gasteiger partial charge in [-0.2, -0.15) is 0 Å². The topological polar surface area (TPSA) is 103 Å². The molecule has 0 spiro atoms. The molecule has 1 saturated heterocycles. The average molecular weight is 402 g/mol. The Balaban J connectivity index is 2.02. The number of piperidine rings is 1. The number of aliphatic hydroxyl groups is 1. The summed E-state index contributed by atoms with van der Waals surface area (Å²) in [5.41, 5.74) is 0.676. The van der Waals surface area contributed by atoms with Crippen LogP contribution in [0.1, 0.15) is 17.9 Å². The fourth-order valence-electron chi connectivity index (χ4n) is 3.97. The smallest absolute Gasteiger partial charge is 0.197 e. The number of phenols is 2. The van der Waals surface area contributed by atoms with E-state index in [-0.39, 0.29) is 46.7 Å². The number of hydrogen-bond donors (Lipinski definition) is 4. The third-order valence-electron chi connectivity index (χ3n) is 5.35. The van der Waals surface area contributed by atoms with Crippen LogP contribution in [0.3, 0.4) is 0 Å². The van der Waals surface area contributed by atoms with Crippen molar-refractivity contribution in [3.63, 3.8) is 0 Å². The number of benzene rings is 2. The lowest BCUT2D eigenvalue weighted by Gasteiger charge is -2.32. The maximum atomic E-state index is 12.8. The second-order valence-electron chi connectivity index (χ2n) is 7.03. The Labute approximate surface area is 166 Å². The minimum absolute atomic E-state index is 0.0128. The first kappa shape index (κ1) is 18.8. The van der Waals surface area contributed by atoms with E-state index in [4.69, 9.17) is 16.0 Å². The van der Waals surface area contributed by atoms with Crippen molar-refractivity contribution >= 4 is 22.6 Å². The van der Waals surface area contributed by atoms with Gasteiger partial charge in [-0.1, -0.05) is 23.7 Å². The first-order valence-corrected chi connectivity index (χ1v) is 9.48. The summed E-state index contributed by atoms with van der Waals surface area (Å²) in [6.07, 6.45) is 0.651. The minimum atomic E-state index is -0.426. The molecule has 2 atom stereocenters. The summed E-state index contributed by atoms with van der Waals surface area (Å²) >= 11 is 6.26. The third kappa shape index (κ3) is 3.13. The van der Waals surface area contributed by atoms with Gasteiger partial charge in [0.05, 0.1) is 5.02 Å². The number of halogens is 1. The molecule has 0 unspecified atom stereocenters. The number of hydrogen-bond acceptors (Lipinski definition) is 6. The summed E-state index contributed by atoms with van der Waals surface area (Å²) in [6.45, 7) is 1.21. The van der Waals surface area contributed by atoms with Crippen molar-refractivity contribution in [2.45, 2.75) is 12.3 Å². The Morgan fingerprint density at radius 3 is 2.71 bits per heavy atom. The zero-order valence-corrected chi connectivity index (χ0v) is 15.7. The quantitative estimate of drug-likeness (QED) is 0.537. The van der Waals surface area contributed by atoms with E-state index in [9.17, 15) is 20.1 Å². The van der Waals surface area contributed by atoms with Gasteiger partial charge in [-0.15, -0.1) is 0 Å². The average Bonchev–Trinajstić information content (AvgIpc) is 2.68. The predicted octanol–water partition coefficient (Wildman–Crippen LogP) is 3.21. The Morgan fingerprint density at radius 2 is 1.96 bits per heavy atom. The van der Waals surface area contributed by atoms with Gasteiger partial charge in [-0.25, -0.2) is 0 Å². The van der Waals surface area contributed by atoms with Crippen LogP contribution in [0.2, 0.25) is 5.02 Å². The van der Waals surface area contributed by atoms with Gasteiger partial charge in [-0.05, 0) is 31.0 Å². The van der Waals surface area contributed by atoms with Crippen LogP contribution in [0, 0.1) is 5.92 Å². The number of nitrogens with one attached hydrogen (secondary N) is 1. The number of aromatic hydroxyl groups is 2. The van der Waals surface area contributed by atoms with E-state index >= 15 is 0 Å². The lowest BCUT2D eigenvalue weighted by molar-refractivity contribution is 0.178. The monoisotopic (exact) mass is 401 g/mol. The van der Waals surface area contributed by atoms with Crippen LogP contribution in [0.5, 0.6) is 11.5 Å². The van der Waals surface area contributed by atoms with Crippen molar-refractivity contribution in [1.82, 2.24) is 5.32 Å². The summed E-state index contributed by atoms with van der Waals surface area (Å²) in [5, 5.41) is 34.3. The summed E-state index contributed by atoms with van der Waals surface area (Å²) in [4.78, 5) is 12.8. The highest BCUT2D eigenvalue weighted by molar-refractivity contribution is 6.33. The van der Waals surface area contributed by atoms with E-state index in [0.29, 0.717) is 35.7 Å². The second kappa shape index (κ2) is 7.47. The number of phenolic OH excluding ortho intramolecular Hbond substituents is 2. The van der Waals surface area contributed by atoms with Crippen LogP contribution >= 0.6 is 11.6 Å². The third-order valence-corrected chi connectivity index (χ3v) is 5.68. The van der Waals surface area contributed by atoms with Gasteiger partial charge >= 0.3 is 0 Å². The zero-order chi connectivity index (χ0) is 19.8. The Kier molecular flexibility index (Phi) is 5.02. The molecule has 28 heavy (non-hydrogen) atoms. The van der Waals surface area contributed by atoms with Gasteiger partial charge in [0.15, 0.2) is 5.43 Å². The summed E-state index contributed by atoms with van der Waals surface area (Å²) in [6, 6.07) is 9.43. The number of aliphatic hydroxyl groups excluding tert-OH is 1. The van der Waals surface area contributed by atoms with Crippen molar-refractivity contribution in [3.8, 4) is 22.8 Å². The molecule has 6 nitrogen and oxygen atoms in total. The van der Waals surface area contributed by atoms with Crippen molar-refractivity contribution in [3.05, 3.63) is 57.2 Å². The molecule has 0 aliphatic carbocycles. The van der Waals surface area contributed by atoms with E-state index < -0.39 is 5.43 Å². The Hall–Kier alpha value is -2.54. The maximum Gasteiger partial charge on any atom is 0.197 e. The van der Waals surface area contributed by atoms with E-state index in [1.165, 1.54) is 12.1 Å². The Bertz CT molecular complexity index is 1090. The van der Waals surface area contributed by atoms with E-state index in [1.54, 1.807) is 24.3 Å². The van der Waals surface area contributed by atoms with Gasteiger partial charge in [0.1, 0.15) is 28.2 Å². The van der Waals surface area contributed by atoms with Crippen LogP contribution in [-0.2, 0) is 0 Å². The van der Waals surface area contributed by atoms with Crippen LogP contribution in [0.4, 0.5) is 0 Å². The molecule has 0 bridgehead atoms. The molecular formula is C21H20ClNO5.